The second-order valence-electron chi connectivity index (χ2n) is 5.33. The molecule has 0 aromatic heterocycles. The Balaban J connectivity index is 1.99. The molecule has 0 spiro atoms. The number of benzene rings is 2. The molecule has 140 valence electrons. The van der Waals surface area contributed by atoms with Crippen molar-refractivity contribution < 1.29 is 27.8 Å². The number of ether oxygens (including phenoxy) is 3. The fourth-order valence-electron chi connectivity index (χ4n) is 2.42. The molecular weight excluding hydrogens is 344 g/mol. The summed E-state index contributed by atoms with van der Waals surface area (Å²) in [7, 11) is 1.35. The van der Waals surface area contributed by atoms with Crippen LogP contribution in [0.4, 0.5) is 14.5 Å². The minimum atomic E-state index is -2.98. The second-order valence-corrected chi connectivity index (χ2v) is 5.33. The van der Waals surface area contributed by atoms with Gasteiger partial charge in [-0.3, -0.25) is 4.79 Å². The minimum absolute atomic E-state index is 0.137. The summed E-state index contributed by atoms with van der Waals surface area (Å²) in [5.41, 5.74) is 1.28. The Morgan fingerprint density at radius 3 is 2.58 bits per heavy atom. The average molecular weight is 365 g/mol. The lowest BCUT2D eigenvalue weighted by molar-refractivity contribution is -0.116. The average Bonchev–Trinajstić information content (AvgIpc) is 2.61. The Morgan fingerprint density at radius 1 is 1.12 bits per heavy atom. The molecular formula is C19H21F2NO4. The van der Waals surface area contributed by atoms with Crippen molar-refractivity contribution in [2.45, 2.75) is 26.4 Å². The van der Waals surface area contributed by atoms with Crippen LogP contribution in [0.1, 0.15) is 18.9 Å². The lowest BCUT2D eigenvalue weighted by atomic mass is 10.1. The van der Waals surface area contributed by atoms with Crippen molar-refractivity contribution in [2.75, 3.05) is 19.0 Å². The summed E-state index contributed by atoms with van der Waals surface area (Å²) >= 11 is 0. The van der Waals surface area contributed by atoms with Crippen LogP contribution in [0.3, 0.4) is 0 Å². The summed E-state index contributed by atoms with van der Waals surface area (Å²) in [6.07, 6.45) is 0.722. The van der Waals surface area contributed by atoms with Gasteiger partial charge < -0.3 is 19.5 Å². The quantitative estimate of drug-likeness (QED) is 0.721. The summed E-state index contributed by atoms with van der Waals surface area (Å²) in [5, 5.41) is 2.67. The highest BCUT2D eigenvalue weighted by Crippen LogP contribution is 2.31. The Morgan fingerprint density at radius 2 is 1.88 bits per heavy atom. The Hall–Kier alpha value is -2.83. The van der Waals surface area contributed by atoms with Crippen molar-refractivity contribution in [2.24, 2.45) is 0 Å². The summed E-state index contributed by atoms with van der Waals surface area (Å²) < 4.78 is 39.8. The summed E-state index contributed by atoms with van der Waals surface area (Å²) in [6, 6.07) is 11.8. The van der Waals surface area contributed by atoms with Crippen LogP contribution in [0.2, 0.25) is 0 Å². The van der Waals surface area contributed by atoms with E-state index < -0.39 is 6.61 Å². The molecule has 2 aromatic rings. The predicted molar refractivity (Wildman–Crippen MR) is 94.2 cm³/mol. The van der Waals surface area contributed by atoms with Crippen LogP contribution in [0.25, 0.3) is 0 Å². The van der Waals surface area contributed by atoms with Crippen LogP contribution >= 0.6 is 0 Å². The minimum Gasteiger partial charge on any atom is -0.494 e. The number of para-hydroxylation sites is 1. The number of methoxy groups -OCH3 is 1. The standard InChI is InChI=1S/C19H21F2NO4/c1-3-25-15-7-5-4-6-13(15)8-11-18(23)22-14-9-10-16(24-2)17(12-14)26-19(20)21/h4-7,9-10,12,19H,3,8,11H2,1-2H3,(H,22,23). The first-order valence-electron chi connectivity index (χ1n) is 8.17. The van der Waals surface area contributed by atoms with E-state index in [9.17, 15) is 13.6 Å². The van der Waals surface area contributed by atoms with E-state index in [0.717, 1.165) is 11.3 Å². The number of nitrogens with one attached hydrogen (secondary N) is 1. The monoisotopic (exact) mass is 365 g/mol. The summed E-state index contributed by atoms with van der Waals surface area (Å²) in [4.78, 5) is 12.2. The highest BCUT2D eigenvalue weighted by Gasteiger charge is 2.13. The highest BCUT2D eigenvalue weighted by molar-refractivity contribution is 5.91. The van der Waals surface area contributed by atoms with E-state index in [1.54, 1.807) is 6.07 Å². The number of carbonyl (C=O) groups is 1. The summed E-state index contributed by atoms with van der Waals surface area (Å²) in [5.74, 6) is 0.528. The molecule has 5 nitrogen and oxygen atoms in total. The number of carbonyl (C=O) groups excluding carboxylic acids is 1. The maximum absolute atomic E-state index is 12.5. The zero-order valence-electron chi connectivity index (χ0n) is 14.6. The number of amides is 1. The predicted octanol–water partition coefficient (Wildman–Crippen LogP) is 4.27. The molecule has 0 aliphatic rings. The lowest BCUT2D eigenvalue weighted by Gasteiger charge is -2.13. The number of alkyl halides is 2. The maximum atomic E-state index is 12.5. The van der Waals surface area contributed by atoms with Gasteiger partial charge >= 0.3 is 6.61 Å². The molecule has 0 aliphatic heterocycles. The van der Waals surface area contributed by atoms with Gasteiger partial charge in [0.2, 0.25) is 5.91 Å². The SMILES string of the molecule is CCOc1ccccc1CCC(=O)Nc1ccc(OC)c(OC(F)F)c1. The van der Waals surface area contributed by atoms with Gasteiger partial charge in [-0.15, -0.1) is 0 Å². The van der Waals surface area contributed by atoms with Gasteiger partial charge in [0.05, 0.1) is 13.7 Å². The number of halogens is 2. The lowest BCUT2D eigenvalue weighted by Crippen LogP contribution is -2.13. The van der Waals surface area contributed by atoms with Crippen LogP contribution in [-0.2, 0) is 11.2 Å². The van der Waals surface area contributed by atoms with Gasteiger partial charge in [-0.1, -0.05) is 18.2 Å². The van der Waals surface area contributed by atoms with Crippen LogP contribution in [0.5, 0.6) is 17.2 Å². The number of rotatable bonds is 9. The van der Waals surface area contributed by atoms with Crippen molar-refractivity contribution in [1.29, 1.82) is 0 Å². The van der Waals surface area contributed by atoms with Gasteiger partial charge in [0.1, 0.15) is 5.75 Å². The van der Waals surface area contributed by atoms with Gasteiger partial charge in [0.15, 0.2) is 11.5 Å². The number of hydrogen-bond donors (Lipinski definition) is 1. The van der Waals surface area contributed by atoms with Gasteiger partial charge in [-0.2, -0.15) is 8.78 Å². The molecule has 0 heterocycles. The first-order chi connectivity index (χ1) is 12.5. The maximum Gasteiger partial charge on any atom is 0.387 e. The molecule has 1 N–H and O–H groups in total. The second kappa shape index (κ2) is 9.60. The van der Waals surface area contributed by atoms with E-state index >= 15 is 0 Å². The van der Waals surface area contributed by atoms with Gasteiger partial charge in [0.25, 0.3) is 0 Å². The smallest absolute Gasteiger partial charge is 0.387 e. The van der Waals surface area contributed by atoms with Crippen LogP contribution in [-0.4, -0.2) is 26.2 Å². The fraction of sp³-hybridized carbons (Fsp3) is 0.316. The molecule has 0 unspecified atom stereocenters. The van der Waals surface area contributed by atoms with Crippen molar-refractivity contribution in [3.8, 4) is 17.2 Å². The molecule has 7 heteroatoms. The third-order valence-corrected chi connectivity index (χ3v) is 3.56. The van der Waals surface area contributed by atoms with E-state index in [2.05, 4.69) is 10.1 Å². The molecule has 0 saturated heterocycles. The van der Waals surface area contributed by atoms with E-state index in [0.29, 0.717) is 18.7 Å². The number of anilines is 1. The molecule has 26 heavy (non-hydrogen) atoms. The first-order valence-corrected chi connectivity index (χ1v) is 8.17. The molecule has 0 aliphatic carbocycles. The van der Waals surface area contributed by atoms with Gasteiger partial charge in [-0.05, 0) is 37.1 Å². The Labute approximate surface area is 150 Å². The van der Waals surface area contributed by atoms with Crippen molar-refractivity contribution >= 4 is 11.6 Å². The molecule has 0 bridgehead atoms. The van der Waals surface area contributed by atoms with Crippen LogP contribution in [0, 0.1) is 0 Å². The number of hydrogen-bond acceptors (Lipinski definition) is 4. The van der Waals surface area contributed by atoms with E-state index in [4.69, 9.17) is 9.47 Å². The van der Waals surface area contributed by atoms with Crippen molar-refractivity contribution in [3.05, 3.63) is 48.0 Å². The zero-order valence-corrected chi connectivity index (χ0v) is 14.6. The molecule has 1 amide bonds. The van der Waals surface area contributed by atoms with Crippen molar-refractivity contribution in [3.63, 3.8) is 0 Å². The Bertz CT molecular complexity index is 737. The summed E-state index contributed by atoms with van der Waals surface area (Å²) in [6.45, 7) is -0.543. The zero-order chi connectivity index (χ0) is 18.9. The third-order valence-electron chi connectivity index (χ3n) is 3.56. The first kappa shape index (κ1) is 19.5. The van der Waals surface area contributed by atoms with E-state index in [1.807, 2.05) is 31.2 Å². The molecule has 2 rings (SSSR count). The molecule has 0 radical (unpaired) electrons. The Kier molecular flexibility index (Phi) is 7.20. The third kappa shape index (κ3) is 5.61. The molecule has 0 atom stereocenters. The highest BCUT2D eigenvalue weighted by atomic mass is 19.3. The fourth-order valence-corrected chi connectivity index (χ4v) is 2.42. The molecule has 2 aromatic carbocycles. The largest absolute Gasteiger partial charge is 0.494 e. The topological polar surface area (TPSA) is 56.8 Å². The number of aryl methyl sites for hydroxylation is 1. The van der Waals surface area contributed by atoms with Gasteiger partial charge in [0, 0.05) is 18.2 Å². The van der Waals surface area contributed by atoms with E-state index in [1.165, 1.54) is 19.2 Å². The molecule has 0 fully saturated rings. The molecule has 0 saturated carbocycles. The normalized spacial score (nSPS) is 10.5. The van der Waals surface area contributed by atoms with E-state index in [-0.39, 0.29) is 23.8 Å². The van der Waals surface area contributed by atoms with Gasteiger partial charge in [-0.25, -0.2) is 0 Å². The van der Waals surface area contributed by atoms with Crippen LogP contribution < -0.4 is 19.5 Å². The van der Waals surface area contributed by atoms with Crippen molar-refractivity contribution in [1.82, 2.24) is 0 Å². The van der Waals surface area contributed by atoms with Crippen LogP contribution in [0.15, 0.2) is 42.5 Å².